The standard InChI is InChI=1S/C25H21F3N4O4/c1-2-35-23(33)14-32-13-17-11-20(30-24(34)18-9-6-10-22(29-18)25(26,27)28)21(12-19(17)31-32)36-15-16-7-4-3-5-8-16/h3-13H,2,14-15H2,1H3,(H,30,34). The Morgan fingerprint density at radius 1 is 1.06 bits per heavy atom. The molecule has 0 saturated carbocycles. The summed E-state index contributed by atoms with van der Waals surface area (Å²) in [6, 6.07) is 15.5. The molecule has 1 N–H and O–H groups in total. The number of hydrogen-bond donors (Lipinski definition) is 1. The smallest absolute Gasteiger partial charge is 0.433 e. The Kier molecular flexibility index (Phi) is 7.18. The van der Waals surface area contributed by atoms with Crippen LogP contribution in [0.5, 0.6) is 5.75 Å². The van der Waals surface area contributed by atoms with Gasteiger partial charge in [0, 0.05) is 17.6 Å². The fraction of sp³-hybridized carbons (Fsp3) is 0.200. The average molecular weight is 498 g/mol. The lowest BCUT2D eigenvalue weighted by Crippen LogP contribution is -2.17. The molecule has 2 aromatic carbocycles. The van der Waals surface area contributed by atoms with Gasteiger partial charge in [-0.1, -0.05) is 36.4 Å². The van der Waals surface area contributed by atoms with Gasteiger partial charge in [-0.15, -0.1) is 0 Å². The molecule has 0 aliphatic rings. The molecule has 2 heterocycles. The van der Waals surface area contributed by atoms with Gasteiger partial charge in [0.25, 0.3) is 5.91 Å². The second-order valence-electron chi connectivity index (χ2n) is 7.67. The second kappa shape index (κ2) is 10.5. The summed E-state index contributed by atoms with van der Waals surface area (Å²) in [5.74, 6) is -1.06. The maximum atomic E-state index is 13.0. The highest BCUT2D eigenvalue weighted by Crippen LogP contribution is 2.32. The van der Waals surface area contributed by atoms with E-state index in [2.05, 4.69) is 15.4 Å². The minimum absolute atomic E-state index is 0.113. The number of fused-ring (bicyclic) bond motifs is 1. The van der Waals surface area contributed by atoms with Gasteiger partial charge in [-0.25, -0.2) is 4.98 Å². The molecule has 1 amide bonds. The molecule has 0 radical (unpaired) electrons. The predicted molar refractivity (Wildman–Crippen MR) is 124 cm³/mol. The topological polar surface area (TPSA) is 95.3 Å². The van der Waals surface area contributed by atoms with Crippen molar-refractivity contribution in [2.24, 2.45) is 0 Å². The number of halogens is 3. The van der Waals surface area contributed by atoms with Crippen LogP contribution in [0.1, 0.15) is 28.7 Å². The van der Waals surface area contributed by atoms with Crippen molar-refractivity contribution in [3.8, 4) is 5.75 Å². The van der Waals surface area contributed by atoms with Crippen molar-refractivity contribution in [3.63, 3.8) is 0 Å². The van der Waals surface area contributed by atoms with Gasteiger partial charge >= 0.3 is 12.1 Å². The van der Waals surface area contributed by atoms with Gasteiger partial charge in [0.15, 0.2) is 0 Å². The molecule has 8 nitrogen and oxygen atoms in total. The number of rotatable bonds is 8. The molecule has 11 heteroatoms. The molecule has 0 bridgehead atoms. The number of ether oxygens (including phenoxy) is 2. The molecule has 0 spiro atoms. The van der Waals surface area contributed by atoms with Gasteiger partial charge in [-0.2, -0.15) is 18.3 Å². The summed E-state index contributed by atoms with van der Waals surface area (Å²) in [6.45, 7) is 1.98. The largest absolute Gasteiger partial charge is 0.487 e. The maximum absolute atomic E-state index is 13.0. The Labute approximate surface area is 203 Å². The monoisotopic (exact) mass is 498 g/mol. The first-order valence-corrected chi connectivity index (χ1v) is 10.9. The van der Waals surface area contributed by atoms with Crippen molar-refractivity contribution in [2.75, 3.05) is 11.9 Å². The van der Waals surface area contributed by atoms with Gasteiger partial charge in [0.2, 0.25) is 0 Å². The average Bonchev–Trinajstić information content (AvgIpc) is 3.23. The van der Waals surface area contributed by atoms with Crippen LogP contribution in [0.4, 0.5) is 18.9 Å². The molecule has 36 heavy (non-hydrogen) atoms. The number of amides is 1. The van der Waals surface area contributed by atoms with E-state index in [-0.39, 0.29) is 31.2 Å². The molecule has 4 aromatic rings. The molecule has 0 aliphatic carbocycles. The number of esters is 1. The number of nitrogens with zero attached hydrogens (tertiary/aromatic N) is 3. The molecule has 2 aromatic heterocycles. The van der Waals surface area contributed by atoms with Crippen molar-refractivity contribution in [1.29, 1.82) is 0 Å². The number of hydrogen-bond acceptors (Lipinski definition) is 6. The summed E-state index contributed by atoms with van der Waals surface area (Å²) in [7, 11) is 0. The van der Waals surface area contributed by atoms with Gasteiger partial charge in [0.05, 0.1) is 17.8 Å². The van der Waals surface area contributed by atoms with Crippen LogP contribution in [0, 0.1) is 0 Å². The molecule has 0 unspecified atom stereocenters. The summed E-state index contributed by atoms with van der Waals surface area (Å²) < 4.78 is 51.4. The van der Waals surface area contributed by atoms with E-state index in [9.17, 15) is 22.8 Å². The van der Waals surface area contributed by atoms with Gasteiger partial charge in [-0.3, -0.25) is 14.3 Å². The number of nitrogens with one attached hydrogen (secondary N) is 1. The lowest BCUT2D eigenvalue weighted by atomic mass is 10.2. The third-order valence-corrected chi connectivity index (χ3v) is 5.01. The van der Waals surface area contributed by atoms with Crippen molar-refractivity contribution in [3.05, 3.63) is 83.8 Å². The van der Waals surface area contributed by atoms with Crippen LogP contribution in [0.2, 0.25) is 0 Å². The molecule has 0 saturated heterocycles. The van der Waals surface area contributed by atoms with Crippen molar-refractivity contribution < 1.29 is 32.2 Å². The number of pyridine rings is 1. The molecular formula is C25H21F3N4O4. The number of carbonyl (C=O) groups excluding carboxylic acids is 2. The quantitative estimate of drug-likeness (QED) is 0.349. The highest BCUT2D eigenvalue weighted by Gasteiger charge is 2.33. The second-order valence-corrected chi connectivity index (χ2v) is 7.67. The van der Waals surface area contributed by atoms with E-state index in [1.165, 1.54) is 10.7 Å². The number of benzene rings is 2. The fourth-order valence-corrected chi connectivity index (χ4v) is 3.38. The first kappa shape index (κ1) is 24.7. The van der Waals surface area contributed by atoms with Crippen LogP contribution in [-0.2, 0) is 28.9 Å². The Morgan fingerprint density at radius 2 is 1.83 bits per heavy atom. The van der Waals surface area contributed by atoms with E-state index in [1.807, 2.05) is 30.3 Å². The van der Waals surface area contributed by atoms with E-state index in [0.717, 1.165) is 17.7 Å². The first-order valence-electron chi connectivity index (χ1n) is 10.9. The van der Waals surface area contributed by atoms with Crippen molar-refractivity contribution in [1.82, 2.24) is 14.8 Å². The van der Waals surface area contributed by atoms with E-state index in [4.69, 9.17) is 9.47 Å². The Bertz CT molecular complexity index is 1390. The number of alkyl halides is 3. The zero-order chi connectivity index (χ0) is 25.7. The number of aromatic nitrogens is 3. The lowest BCUT2D eigenvalue weighted by molar-refractivity contribution is -0.144. The Balaban J connectivity index is 1.65. The number of anilines is 1. The van der Waals surface area contributed by atoms with Crippen molar-refractivity contribution in [2.45, 2.75) is 26.3 Å². The van der Waals surface area contributed by atoms with Gasteiger partial charge < -0.3 is 14.8 Å². The van der Waals surface area contributed by atoms with E-state index in [1.54, 1.807) is 25.3 Å². The van der Waals surface area contributed by atoms with Crippen LogP contribution < -0.4 is 10.1 Å². The van der Waals surface area contributed by atoms with E-state index < -0.39 is 29.4 Å². The highest BCUT2D eigenvalue weighted by atomic mass is 19.4. The molecule has 186 valence electrons. The minimum atomic E-state index is -4.69. The molecule has 0 atom stereocenters. The fourth-order valence-electron chi connectivity index (χ4n) is 3.38. The summed E-state index contributed by atoms with van der Waals surface area (Å²) in [5, 5.41) is 7.50. The van der Waals surface area contributed by atoms with Gasteiger partial charge in [0.1, 0.15) is 30.3 Å². The van der Waals surface area contributed by atoms with Crippen molar-refractivity contribution >= 4 is 28.5 Å². The minimum Gasteiger partial charge on any atom is -0.487 e. The zero-order valence-corrected chi connectivity index (χ0v) is 19.1. The Hall–Kier alpha value is -4.41. The van der Waals surface area contributed by atoms with Crippen LogP contribution in [0.25, 0.3) is 10.9 Å². The lowest BCUT2D eigenvalue weighted by Gasteiger charge is -2.13. The maximum Gasteiger partial charge on any atom is 0.433 e. The molecule has 0 fully saturated rings. The highest BCUT2D eigenvalue weighted by molar-refractivity contribution is 6.05. The summed E-state index contributed by atoms with van der Waals surface area (Å²) in [5.41, 5.74) is -0.0264. The third-order valence-electron chi connectivity index (χ3n) is 5.01. The predicted octanol–water partition coefficient (Wildman–Crippen LogP) is 4.84. The number of carbonyl (C=O) groups is 2. The molecule has 0 aliphatic heterocycles. The first-order chi connectivity index (χ1) is 17.2. The Morgan fingerprint density at radius 3 is 2.56 bits per heavy atom. The van der Waals surface area contributed by atoms with E-state index >= 15 is 0 Å². The zero-order valence-electron chi connectivity index (χ0n) is 19.1. The van der Waals surface area contributed by atoms with Gasteiger partial charge in [-0.05, 0) is 30.7 Å². The third kappa shape index (κ3) is 5.98. The van der Waals surface area contributed by atoms with Crippen LogP contribution >= 0.6 is 0 Å². The summed E-state index contributed by atoms with van der Waals surface area (Å²) in [6.07, 6.45) is -3.10. The summed E-state index contributed by atoms with van der Waals surface area (Å²) in [4.78, 5) is 28.1. The SMILES string of the molecule is CCOC(=O)Cn1cc2cc(NC(=O)c3cccc(C(F)(F)F)n3)c(OCc3ccccc3)cc2n1. The van der Waals surface area contributed by atoms with Crippen LogP contribution in [-0.4, -0.2) is 33.2 Å². The normalized spacial score (nSPS) is 11.3. The molecule has 4 rings (SSSR count). The van der Waals surface area contributed by atoms with E-state index in [0.29, 0.717) is 10.9 Å². The van der Waals surface area contributed by atoms with Crippen LogP contribution in [0.3, 0.4) is 0 Å². The molecular weight excluding hydrogens is 477 g/mol. The van der Waals surface area contributed by atoms with Crippen LogP contribution in [0.15, 0.2) is 66.9 Å². The summed E-state index contributed by atoms with van der Waals surface area (Å²) >= 11 is 0.